The third-order valence-electron chi connectivity index (χ3n) is 2.94. The van der Waals surface area contributed by atoms with Crippen molar-refractivity contribution in [3.63, 3.8) is 0 Å². The van der Waals surface area contributed by atoms with Gasteiger partial charge in [0.1, 0.15) is 5.75 Å². The van der Waals surface area contributed by atoms with Gasteiger partial charge in [-0.2, -0.15) is 0 Å². The minimum atomic E-state index is -0.548. The average Bonchev–Trinajstić information content (AvgIpc) is 2.41. The van der Waals surface area contributed by atoms with Gasteiger partial charge in [0, 0.05) is 17.7 Å². The van der Waals surface area contributed by atoms with Gasteiger partial charge in [-0.1, -0.05) is 6.07 Å². The summed E-state index contributed by atoms with van der Waals surface area (Å²) in [5, 5.41) is 23.1. The van der Waals surface area contributed by atoms with Gasteiger partial charge in [-0.3, -0.25) is 14.9 Å². The van der Waals surface area contributed by atoms with Crippen molar-refractivity contribution < 1.29 is 14.8 Å². The Labute approximate surface area is 121 Å². The predicted octanol–water partition coefficient (Wildman–Crippen LogP) is 3.17. The number of anilines is 1. The van der Waals surface area contributed by atoms with Crippen molar-refractivity contribution in [2.75, 3.05) is 5.32 Å². The number of amides is 1. The van der Waals surface area contributed by atoms with E-state index in [4.69, 9.17) is 0 Å². The van der Waals surface area contributed by atoms with E-state index in [1.807, 2.05) is 6.92 Å². The van der Waals surface area contributed by atoms with Gasteiger partial charge in [-0.15, -0.1) is 0 Å². The number of carbonyl (C=O) groups excluding carboxylic acids is 1. The normalized spacial score (nSPS) is 10.2. The minimum Gasteiger partial charge on any atom is -0.506 e. The summed E-state index contributed by atoms with van der Waals surface area (Å²) in [6.07, 6.45) is 0. The van der Waals surface area contributed by atoms with Crippen molar-refractivity contribution in [2.45, 2.75) is 13.8 Å². The second-order valence-corrected chi connectivity index (χ2v) is 4.79. The Kier molecular flexibility index (Phi) is 3.89. The molecule has 0 aliphatic carbocycles. The van der Waals surface area contributed by atoms with Crippen LogP contribution in [0, 0.1) is 24.0 Å². The predicted molar refractivity (Wildman–Crippen MR) is 78.6 cm³/mol. The van der Waals surface area contributed by atoms with Crippen LogP contribution in [0.5, 0.6) is 5.75 Å². The van der Waals surface area contributed by atoms with Crippen LogP contribution in [0.15, 0.2) is 36.4 Å². The number of hydrogen-bond acceptors (Lipinski definition) is 4. The summed E-state index contributed by atoms with van der Waals surface area (Å²) in [7, 11) is 0. The maximum atomic E-state index is 12.1. The fourth-order valence-corrected chi connectivity index (χ4v) is 1.94. The Morgan fingerprint density at radius 2 is 1.86 bits per heavy atom. The van der Waals surface area contributed by atoms with E-state index in [9.17, 15) is 20.0 Å². The van der Waals surface area contributed by atoms with E-state index < -0.39 is 10.8 Å². The molecule has 2 N–H and O–H groups in total. The molecule has 0 aromatic heterocycles. The van der Waals surface area contributed by atoms with Gasteiger partial charge >= 0.3 is 0 Å². The number of nitro groups is 1. The molecule has 0 unspecified atom stereocenters. The quantitative estimate of drug-likeness (QED) is 0.515. The van der Waals surface area contributed by atoms with E-state index in [1.165, 1.54) is 18.2 Å². The van der Waals surface area contributed by atoms with Crippen LogP contribution in [-0.4, -0.2) is 15.9 Å². The maximum Gasteiger partial charge on any atom is 0.270 e. The molecule has 2 aromatic carbocycles. The Balaban J connectivity index is 2.30. The maximum absolute atomic E-state index is 12.1. The lowest BCUT2D eigenvalue weighted by atomic mass is 10.1. The summed E-state index contributed by atoms with van der Waals surface area (Å²) in [5.74, 6) is -0.563. The van der Waals surface area contributed by atoms with Crippen molar-refractivity contribution in [2.24, 2.45) is 0 Å². The van der Waals surface area contributed by atoms with E-state index >= 15 is 0 Å². The number of phenols is 1. The summed E-state index contributed by atoms with van der Waals surface area (Å²) < 4.78 is 0. The second-order valence-electron chi connectivity index (χ2n) is 4.79. The van der Waals surface area contributed by atoms with Crippen molar-refractivity contribution in [3.8, 4) is 5.75 Å². The molecule has 21 heavy (non-hydrogen) atoms. The molecule has 0 radical (unpaired) electrons. The molecular weight excluding hydrogens is 272 g/mol. The number of nitro benzene ring substituents is 1. The summed E-state index contributed by atoms with van der Waals surface area (Å²) >= 11 is 0. The molecule has 0 saturated carbocycles. The van der Waals surface area contributed by atoms with Gasteiger partial charge in [0.25, 0.3) is 11.6 Å². The van der Waals surface area contributed by atoms with Crippen molar-refractivity contribution in [1.82, 2.24) is 0 Å². The molecular formula is C15H14N2O4. The highest BCUT2D eigenvalue weighted by atomic mass is 16.6. The highest BCUT2D eigenvalue weighted by Crippen LogP contribution is 2.25. The van der Waals surface area contributed by atoms with Crippen LogP contribution in [0.2, 0.25) is 0 Å². The summed E-state index contributed by atoms with van der Waals surface area (Å²) in [5.41, 5.74) is 1.75. The van der Waals surface area contributed by atoms with Crippen LogP contribution in [-0.2, 0) is 0 Å². The molecule has 0 bridgehead atoms. The molecule has 0 heterocycles. The van der Waals surface area contributed by atoms with Crippen LogP contribution < -0.4 is 5.32 Å². The van der Waals surface area contributed by atoms with Crippen molar-refractivity contribution >= 4 is 17.3 Å². The summed E-state index contributed by atoms with van der Waals surface area (Å²) in [4.78, 5) is 22.4. The lowest BCUT2D eigenvalue weighted by molar-refractivity contribution is -0.384. The number of nitrogens with one attached hydrogen (secondary N) is 1. The molecule has 2 aromatic rings. The number of benzene rings is 2. The third kappa shape index (κ3) is 3.36. The standard InChI is InChI=1S/C15H14N2O4/c1-9-3-4-13(14(18)7-9)16-15(19)11-5-10(2)6-12(8-11)17(20)21/h3-8,18H,1-2H3,(H,16,19). The first-order valence-corrected chi connectivity index (χ1v) is 6.24. The van der Waals surface area contributed by atoms with Crippen molar-refractivity contribution in [1.29, 1.82) is 0 Å². The minimum absolute atomic E-state index is 0.0505. The number of aryl methyl sites for hydroxylation is 2. The van der Waals surface area contributed by atoms with Gasteiger partial charge < -0.3 is 10.4 Å². The summed E-state index contributed by atoms with van der Waals surface area (Å²) in [6.45, 7) is 3.49. The van der Waals surface area contributed by atoms with E-state index in [-0.39, 0.29) is 22.7 Å². The van der Waals surface area contributed by atoms with E-state index in [0.29, 0.717) is 5.56 Å². The number of rotatable bonds is 3. The number of aromatic hydroxyl groups is 1. The molecule has 108 valence electrons. The second kappa shape index (κ2) is 5.62. The van der Waals surface area contributed by atoms with Crippen LogP contribution in [0.4, 0.5) is 11.4 Å². The molecule has 0 spiro atoms. The third-order valence-corrected chi connectivity index (χ3v) is 2.94. The van der Waals surface area contributed by atoms with E-state index in [2.05, 4.69) is 5.32 Å². The topological polar surface area (TPSA) is 92.5 Å². The van der Waals surface area contributed by atoms with Crippen LogP contribution in [0.25, 0.3) is 0 Å². The number of carbonyl (C=O) groups is 1. The van der Waals surface area contributed by atoms with Crippen molar-refractivity contribution in [3.05, 3.63) is 63.2 Å². The van der Waals surface area contributed by atoms with Crippen LogP contribution >= 0.6 is 0 Å². The zero-order valence-corrected chi connectivity index (χ0v) is 11.6. The van der Waals surface area contributed by atoms with Crippen LogP contribution in [0.3, 0.4) is 0 Å². The first-order chi connectivity index (χ1) is 9.86. The number of non-ortho nitro benzene ring substituents is 1. The SMILES string of the molecule is Cc1cc(C(=O)Nc2ccc(C)cc2O)cc([N+](=O)[O-])c1. The number of hydrogen-bond donors (Lipinski definition) is 2. The molecule has 6 nitrogen and oxygen atoms in total. The highest BCUT2D eigenvalue weighted by Gasteiger charge is 2.14. The van der Waals surface area contributed by atoms with E-state index in [0.717, 1.165) is 5.56 Å². The zero-order valence-electron chi connectivity index (χ0n) is 11.6. The van der Waals surface area contributed by atoms with Gasteiger partial charge in [-0.05, 0) is 43.2 Å². The van der Waals surface area contributed by atoms with Gasteiger partial charge in [0.05, 0.1) is 10.6 Å². The Morgan fingerprint density at radius 3 is 2.48 bits per heavy atom. The Hall–Kier alpha value is -2.89. The van der Waals surface area contributed by atoms with Gasteiger partial charge in [0.2, 0.25) is 0 Å². The lowest BCUT2D eigenvalue weighted by Crippen LogP contribution is -2.12. The molecule has 1 amide bonds. The summed E-state index contributed by atoms with van der Waals surface area (Å²) in [6, 6.07) is 8.98. The molecule has 0 fully saturated rings. The number of nitrogens with zero attached hydrogens (tertiary/aromatic N) is 1. The first kappa shape index (κ1) is 14.5. The molecule has 6 heteroatoms. The average molecular weight is 286 g/mol. The van der Waals surface area contributed by atoms with Crippen LogP contribution in [0.1, 0.15) is 21.5 Å². The molecule has 0 aliphatic rings. The largest absolute Gasteiger partial charge is 0.506 e. The smallest absolute Gasteiger partial charge is 0.270 e. The van der Waals surface area contributed by atoms with Gasteiger partial charge in [-0.25, -0.2) is 0 Å². The number of phenolic OH excluding ortho intramolecular Hbond substituents is 1. The fraction of sp³-hybridized carbons (Fsp3) is 0.133. The molecule has 0 atom stereocenters. The fourth-order valence-electron chi connectivity index (χ4n) is 1.94. The lowest BCUT2D eigenvalue weighted by Gasteiger charge is -2.08. The molecule has 0 saturated heterocycles. The highest BCUT2D eigenvalue weighted by molar-refractivity contribution is 6.05. The molecule has 0 aliphatic heterocycles. The first-order valence-electron chi connectivity index (χ1n) is 6.24. The van der Waals surface area contributed by atoms with Gasteiger partial charge in [0.15, 0.2) is 0 Å². The molecule has 2 rings (SSSR count). The monoisotopic (exact) mass is 286 g/mol. The Bertz CT molecular complexity index is 726. The zero-order chi connectivity index (χ0) is 15.6. The Morgan fingerprint density at radius 1 is 1.14 bits per heavy atom. The van der Waals surface area contributed by atoms with E-state index in [1.54, 1.807) is 25.1 Å².